The molecule has 0 radical (unpaired) electrons. The Morgan fingerprint density at radius 3 is 2.31 bits per heavy atom. The topological polar surface area (TPSA) is 95.5 Å². The molecule has 1 rings (SSSR count). The molecule has 6 nitrogen and oxygen atoms in total. The van der Waals surface area contributed by atoms with E-state index in [-0.39, 0.29) is 24.8 Å². The number of carboxylic acids is 1. The molecule has 0 bridgehead atoms. The average Bonchev–Trinajstić information content (AvgIpc) is 2.10. The zero-order valence-electron chi connectivity index (χ0n) is 9.21. The number of hydrogen-bond acceptors (Lipinski definition) is 3. The monoisotopic (exact) mass is 228 g/mol. The lowest BCUT2D eigenvalue weighted by Crippen LogP contribution is -2.56. The molecule has 1 aliphatic carbocycles. The van der Waals surface area contributed by atoms with Crippen LogP contribution < -0.4 is 10.6 Å². The Labute approximate surface area is 93.4 Å². The van der Waals surface area contributed by atoms with Gasteiger partial charge in [0.2, 0.25) is 11.8 Å². The van der Waals surface area contributed by atoms with Crippen LogP contribution in [-0.4, -0.2) is 35.0 Å². The third kappa shape index (κ3) is 3.52. The molecule has 3 N–H and O–H groups in total. The molecule has 0 aromatic carbocycles. The van der Waals surface area contributed by atoms with Crippen molar-refractivity contribution >= 4 is 17.8 Å². The smallest absolute Gasteiger partial charge is 0.305 e. The van der Waals surface area contributed by atoms with Gasteiger partial charge in [0.1, 0.15) is 0 Å². The first-order valence-electron chi connectivity index (χ1n) is 5.21. The lowest BCUT2D eigenvalue weighted by Gasteiger charge is -2.41. The van der Waals surface area contributed by atoms with E-state index in [1.807, 2.05) is 0 Å². The van der Waals surface area contributed by atoms with Gasteiger partial charge < -0.3 is 15.7 Å². The number of hydrogen-bond donors (Lipinski definition) is 3. The van der Waals surface area contributed by atoms with E-state index in [4.69, 9.17) is 5.11 Å². The van der Waals surface area contributed by atoms with Gasteiger partial charge in [-0.2, -0.15) is 0 Å². The highest BCUT2D eigenvalue weighted by molar-refractivity contribution is 5.84. The quantitative estimate of drug-likeness (QED) is 0.598. The first kappa shape index (κ1) is 12.5. The fourth-order valence-corrected chi connectivity index (χ4v) is 1.78. The minimum absolute atomic E-state index is 0.0567. The maximum Gasteiger partial charge on any atom is 0.305 e. The van der Waals surface area contributed by atoms with E-state index in [1.54, 1.807) is 0 Å². The van der Waals surface area contributed by atoms with E-state index in [0.717, 1.165) is 6.42 Å². The van der Waals surface area contributed by atoms with Crippen molar-refractivity contribution in [2.45, 2.75) is 38.1 Å². The summed E-state index contributed by atoms with van der Waals surface area (Å²) >= 11 is 0. The van der Waals surface area contributed by atoms with Crippen molar-refractivity contribution in [2.75, 3.05) is 6.54 Å². The maximum atomic E-state index is 11.4. The van der Waals surface area contributed by atoms with Crippen molar-refractivity contribution in [3.05, 3.63) is 0 Å². The van der Waals surface area contributed by atoms with Crippen molar-refractivity contribution in [3.63, 3.8) is 0 Å². The summed E-state index contributed by atoms with van der Waals surface area (Å²) in [6.07, 6.45) is 2.24. The molecule has 0 saturated heterocycles. The number of nitrogens with one attached hydrogen (secondary N) is 2. The first-order chi connectivity index (χ1) is 7.43. The predicted octanol–water partition coefficient (Wildman–Crippen LogP) is -0.364. The van der Waals surface area contributed by atoms with E-state index in [1.165, 1.54) is 6.92 Å². The van der Waals surface area contributed by atoms with Crippen LogP contribution in [-0.2, 0) is 14.4 Å². The molecule has 16 heavy (non-hydrogen) atoms. The Bertz CT molecular complexity index is 310. The van der Waals surface area contributed by atoms with Crippen LogP contribution in [0.5, 0.6) is 0 Å². The SMILES string of the molecule is CC(=O)NCC(=O)NC1(CC(=O)O)CCC1. The molecule has 1 saturated carbocycles. The highest BCUT2D eigenvalue weighted by Gasteiger charge is 2.40. The Balaban J connectivity index is 2.41. The standard InChI is InChI=1S/C10H16N2O4/c1-7(13)11-6-8(14)12-10(3-2-4-10)5-9(15)16/h2-6H2,1H3,(H,11,13)(H,12,14)(H,15,16). The first-order valence-corrected chi connectivity index (χ1v) is 5.21. The summed E-state index contributed by atoms with van der Waals surface area (Å²) in [5.74, 6) is -1.54. The number of aliphatic carboxylic acids is 1. The summed E-state index contributed by atoms with van der Waals surface area (Å²) in [5, 5.41) is 13.8. The van der Waals surface area contributed by atoms with Gasteiger partial charge in [0.15, 0.2) is 0 Å². The van der Waals surface area contributed by atoms with Crippen LogP contribution in [0.1, 0.15) is 32.6 Å². The number of rotatable bonds is 5. The minimum Gasteiger partial charge on any atom is -0.481 e. The van der Waals surface area contributed by atoms with Crippen LogP contribution in [0.25, 0.3) is 0 Å². The Hall–Kier alpha value is -1.59. The third-order valence-electron chi connectivity index (χ3n) is 2.70. The molecule has 0 heterocycles. The van der Waals surface area contributed by atoms with E-state index in [2.05, 4.69) is 10.6 Å². The Morgan fingerprint density at radius 1 is 1.31 bits per heavy atom. The molecule has 0 aliphatic heterocycles. The highest BCUT2D eigenvalue weighted by Crippen LogP contribution is 2.34. The second-order valence-electron chi connectivity index (χ2n) is 4.16. The van der Waals surface area contributed by atoms with Crippen LogP contribution >= 0.6 is 0 Å². The molecule has 0 atom stereocenters. The molecular formula is C10H16N2O4. The van der Waals surface area contributed by atoms with Gasteiger partial charge in [0.25, 0.3) is 0 Å². The van der Waals surface area contributed by atoms with Crippen molar-refractivity contribution in [1.82, 2.24) is 10.6 Å². The van der Waals surface area contributed by atoms with E-state index < -0.39 is 11.5 Å². The summed E-state index contributed by atoms with van der Waals surface area (Å²) in [6.45, 7) is 1.22. The summed E-state index contributed by atoms with van der Waals surface area (Å²) in [4.78, 5) is 32.6. The molecular weight excluding hydrogens is 212 g/mol. The van der Waals surface area contributed by atoms with Crippen molar-refractivity contribution in [3.8, 4) is 0 Å². The van der Waals surface area contributed by atoms with Crippen LogP contribution in [0.3, 0.4) is 0 Å². The number of carboxylic acid groups (broad SMARTS) is 1. The van der Waals surface area contributed by atoms with Gasteiger partial charge >= 0.3 is 5.97 Å². The Morgan fingerprint density at radius 2 is 1.94 bits per heavy atom. The second-order valence-corrected chi connectivity index (χ2v) is 4.16. The van der Waals surface area contributed by atoms with Gasteiger partial charge in [-0.05, 0) is 19.3 Å². The average molecular weight is 228 g/mol. The lowest BCUT2D eigenvalue weighted by atomic mass is 9.74. The zero-order valence-corrected chi connectivity index (χ0v) is 9.21. The third-order valence-corrected chi connectivity index (χ3v) is 2.70. The normalized spacial score (nSPS) is 17.1. The number of amides is 2. The fourth-order valence-electron chi connectivity index (χ4n) is 1.78. The predicted molar refractivity (Wildman–Crippen MR) is 55.7 cm³/mol. The second kappa shape index (κ2) is 4.96. The Kier molecular flexibility index (Phi) is 3.87. The van der Waals surface area contributed by atoms with Gasteiger partial charge in [-0.15, -0.1) is 0 Å². The van der Waals surface area contributed by atoms with Gasteiger partial charge in [-0.1, -0.05) is 0 Å². The van der Waals surface area contributed by atoms with Crippen LogP contribution in [0.4, 0.5) is 0 Å². The van der Waals surface area contributed by atoms with Gasteiger partial charge in [-0.3, -0.25) is 14.4 Å². The van der Waals surface area contributed by atoms with E-state index in [0.29, 0.717) is 12.8 Å². The lowest BCUT2D eigenvalue weighted by molar-refractivity contribution is -0.140. The summed E-state index contributed by atoms with van der Waals surface area (Å²) < 4.78 is 0. The number of carbonyl (C=O) groups is 3. The van der Waals surface area contributed by atoms with E-state index >= 15 is 0 Å². The van der Waals surface area contributed by atoms with E-state index in [9.17, 15) is 14.4 Å². The maximum absolute atomic E-state index is 11.4. The van der Waals surface area contributed by atoms with Crippen molar-refractivity contribution in [1.29, 1.82) is 0 Å². The molecule has 2 amide bonds. The molecule has 6 heteroatoms. The summed E-state index contributed by atoms with van der Waals surface area (Å²) in [6, 6.07) is 0. The van der Waals surface area contributed by atoms with Gasteiger partial charge in [0.05, 0.1) is 18.5 Å². The molecule has 0 aromatic rings. The van der Waals surface area contributed by atoms with Crippen molar-refractivity contribution in [2.24, 2.45) is 0 Å². The van der Waals surface area contributed by atoms with Gasteiger partial charge in [-0.25, -0.2) is 0 Å². The number of carbonyl (C=O) groups excluding carboxylic acids is 2. The fraction of sp³-hybridized carbons (Fsp3) is 0.700. The molecule has 0 unspecified atom stereocenters. The van der Waals surface area contributed by atoms with Crippen LogP contribution in [0.2, 0.25) is 0 Å². The molecule has 1 aliphatic rings. The van der Waals surface area contributed by atoms with Crippen molar-refractivity contribution < 1.29 is 19.5 Å². The zero-order chi connectivity index (χ0) is 12.2. The molecule has 0 aromatic heterocycles. The van der Waals surface area contributed by atoms with Crippen LogP contribution in [0, 0.1) is 0 Å². The van der Waals surface area contributed by atoms with Gasteiger partial charge in [0, 0.05) is 6.92 Å². The summed E-state index contributed by atoms with van der Waals surface area (Å²) in [5.41, 5.74) is -0.596. The summed E-state index contributed by atoms with van der Waals surface area (Å²) in [7, 11) is 0. The largest absolute Gasteiger partial charge is 0.481 e. The van der Waals surface area contributed by atoms with Crippen LogP contribution in [0.15, 0.2) is 0 Å². The molecule has 90 valence electrons. The molecule has 1 fully saturated rings. The highest BCUT2D eigenvalue weighted by atomic mass is 16.4. The molecule has 0 spiro atoms. The minimum atomic E-state index is -0.917.